The molecular formula is C18H20N2O2S. The average Bonchev–Trinajstić information content (AvgIpc) is 2.52. The molecule has 0 amide bonds. The molecular weight excluding hydrogens is 308 g/mol. The number of nitrogens with one attached hydrogen (secondary N) is 2. The van der Waals surface area contributed by atoms with Crippen molar-refractivity contribution in [2.24, 2.45) is 0 Å². The Morgan fingerprint density at radius 1 is 1.13 bits per heavy atom. The number of hydrogen-bond acceptors (Lipinski definition) is 3. The van der Waals surface area contributed by atoms with E-state index in [1.54, 1.807) is 0 Å². The van der Waals surface area contributed by atoms with Gasteiger partial charge in [0.15, 0.2) is 16.6 Å². The summed E-state index contributed by atoms with van der Waals surface area (Å²) in [5, 5.41) is 6.97. The van der Waals surface area contributed by atoms with Gasteiger partial charge in [-0.25, -0.2) is 0 Å². The quantitative estimate of drug-likeness (QED) is 0.845. The third-order valence-electron chi connectivity index (χ3n) is 3.54. The first kappa shape index (κ1) is 15.6. The Balaban J connectivity index is 1.52. The second kappa shape index (κ2) is 6.87. The highest BCUT2D eigenvalue weighted by atomic mass is 32.1. The van der Waals surface area contributed by atoms with E-state index >= 15 is 0 Å². The zero-order chi connectivity index (χ0) is 16.2. The molecule has 0 saturated carbocycles. The number of anilines is 1. The van der Waals surface area contributed by atoms with Gasteiger partial charge < -0.3 is 20.1 Å². The Labute approximate surface area is 141 Å². The lowest BCUT2D eigenvalue weighted by atomic mass is 10.1. The standard InChI is InChI=1S/C18H20N2O2S/c1-12-7-13(2)9-14(8-12)20-18(23)19-10-15-11-21-16-5-3-4-6-17(16)22-15/h3-9,15H,10-11H2,1-2H3,(H2,19,20,23). The van der Waals surface area contributed by atoms with Gasteiger partial charge in [0.05, 0.1) is 6.54 Å². The van der Waals surface area contributed by atoms with Crippen LogP contribution < -0.4 is 20.1 Å². The summed E-state index contributed by atoms with van der Waals surface area (Å²) in [5.41, 5.74) is 3.40. The monoisotopic (exact) mass is 328 g/mol. The highest BCUT2D eigenvalue weighted by molar-refractivity contribution is 7.80. The molecule has 120 valence electrons. The summed E-state index contributed by atoms with van der Waals surface area (Å²) in [6.45, 7) is 5.24. The fourth-order valence-electron chi connectivity index (χ4n) is 2.59. The number of ether oxygens (including phenoxy) is 2. The lowest BCUT2D eigenvalue weighted by Gasteiger charge is -2.27. The molecule has 2 N–H and O–H groups in total. The van der Waals surface area contributed by atoms with Gasteiger partial charge in [0.2, 0.25) is 0 Å². The van der Waals surface area contributed by atoms with Gasteiger partial charge in [0.25, 0.3) is 0 Å². The summed E-state index contributed by atoms with van der Waals surface area (Å²) in [5.74, 6) is 1.57. The van der Waals surface area contributed by atoms with Crippen LogP contribution in [0.3, 0.4) is 0 Å². The van der Waals surface area contributed by atoms with Crippen LogP contribution in [0.2, 0.25) is 0 Å². The smallest absolute Gasteiger partial charge is 0.170 e. The maximum absolute atomic E-state index is 5.90. The number of aryl methyl sites for hydroxylation is 2. The van der Waals surface area contributed by atoms with Crippen molar-refractivity contribution in [1.29, 1.82) is 0 Å². The molecule has 0 fully saturated rings. The van der Waals surface area contributed by atoms with Gasteiger partial charge in [0.1, 0.15) is 12.7 Å². The number of fused-ring (bicyclic) bond motifs is 1. The van der Waals surface area contributed by atoms with E-state index in [9.17, 15) is 0 Å². The van der Waals surface area contributed by atoms with Crippen molar-refractivity contribution in [2.75, 3.05) is 18.5 Å². The highest BCUT2D eigenvalue weighted by Gasteiger charge is 2.20. The van der Waals surface area contributed by atoms with Gasteiger partial charge in [-0.05, 0) is 61.5 Å². The minimum absolute atomic E-state index is 0.0658. The van der Waals surface area contributed by atoms with Crippen molar-refractivity contribution in [2.45, 2.75) is 20.0 Å². The molecule has 1 aliphatic heterocycles. The third-order valence-corrected chi connectivity index (χ3v) is 3.78. The number of thiocarbonyl (C=S) groups is 1. The van der Waals surface area contributed by atoms with E-state index in [2.05, 4.69) is 42.7 Å². The minimum Gasteiger partial charge on any atom is -0.486 e. The second-order valence-electron chi connectivity index (χ2n) is 5.71. The predicted octanol–water partition coefficient (Wildman–Crippen LogP) is 3.43. The van der Waals surface area contributed by atoms with Gasteiger partial charge in [-0.3, -0.25) is 0 Å². The first-order valence-corrected chi connectivity index (χ1v) is 8.02. The molecule has 2 aromatic rings. The topological polar surface area (TPSA) is 42.5 Å². The largest absolute Gasteiger partial charge is 0.486 e. The Morgan fingerprint density at radius 3 is 2.57 bits per heavy atom. The zero-order valence-electron chi connectivity index (χ0n) is 13.3. The van der Waals surface area contributed by atoms with Crippen LogP contribution in [0, 0.1) is 13.8 Å². The summed E-state index contributed by atoms with van der Waals surface area (Å²) >= 11 is 5.35. The van der Waals surface area contributed by atoms with Crippen molar-refractivity contribution in [1.82, 2.24) is 5.32 Å². The molecule has 1 atom stereocenters. The number of benzene rings is 2. The van der Waals surface area contributed by atoms with Gasteiger partial charge >= 0.3 is 0 Å². The van der Waals surface area contributed by atoms with Gasteiger partial charge in [-0.15, -0.1) is 0 Å². The summed E-state index contributed by atoms with van der Waals surface area (Å²) < 4.78 is 11.6. The Kier molecular flexibility index (Phi) is 4.67. The summed E-state index contributed by atoms with van der Waals surface area (Å²) in [4.78, 5) is 0. The predicted molar refractivity (Wildman–Crippen MR) is 96.5 cm³/mol. The van der Waals surface area contributed by atoms with Crippen LogP contribution >= 0.6 is 12.2 Å². The molecule has 1 unspecified atom stereocenters. The van der Waals surface area contributed by atoms with Crippen LogP contribution in [-0.2, 0) is 0 Å². The highest BCUT2D eigenvalue weighted by Crippen LogP contribution is 2.30. The fourth-order valence-corrected chi connectivity index (χ4v) is 2.79. The minimum atomic E-state index is -0.0658. The summed E-state index contributed by atoms with van der Waals surface area (Å²) in [6.07, 6.45) is -0.0658. The van der Waals surface area contributed by atoms with Crippen LogP contribution in [0.4, 0.5) is 5.69 Å². The van der Waals surface area contributed by atoms with Gasteiger partial charge in [0, 0.05) is 5.69 Å². The maximum Gasteiger partial charge on any atom is 0.170 e. The molecule has 23 heavy (non-hydrogen) atoms. The number of hydrogen-bond donors (Lipinski definition) is 2. The molecule has 3 rings (SSSR count). The average molecular weight is 328 g/mol. The first-order valence-electron chi connectivity index (χ1n) is 7.62. The number of para-hydroxylation sites is 2. The van der Waals surface area contributed by atoms with Crippen LogP contribution in [-0.4, -0.2) is 24.4 Å². The fraction of sp³-hybridized carbons (Fsp3) is 0.278. The van der Waals surface area contributed by atoms with E-state index < -0.39 is 0 Å². The van der Waals surface area contributed by atoms with Crippen LogP contribution in [0.5, 0.6) is 11.5 Å². The van der Waals surface area contributed by atoms with E-state index in [1.807, 2.05) is 24.3 Å². The molecule has 0 saturated heterocycles. The van der Waals surface area contributed by atoms with E-state index in [0.717, 1.165) is 17.2 Å². The molecule has 0 bridgehead atoms. The van der Waals surface area contributed by atoms with Gasteiger partial charge in [-0.2, -0.15) is 0 Å². The Bertz CT molecular complexity index is 698. The summed E-state index contributed by atoms with van der Waals surface area (Å²) in [7, 11) is 0. The van der Waals surface area contributed by atoms with Crippen molar-refractivity contribution in [3.8, 4) is 11.5 Å². The number of rotatable bonds is 3. The zero-order valence-corrected chi connectivity index (χ0v) is 14.1. The van der Waals surface area contributed by atoms with Crippen molar-refractivity contribution in [3.05, 3.63) is 53.6 Å². The molecule has 2 aromatic carbocycles. The molecule has 0 spiro atoms. The van der Waals surface area contributed by atoms with Crippen molar-refractivity contribution < 1.29 is 9.47 Å². The van der Waals surface area contributed by atoms with Crippen LogP contribution in [0.25, 0.3) is 0 Å². The Morgan fingerprint density at radius 2 is 1.83 bits per heavy atom. The van der Waals surface area contributed by atoms with Crippen molar-refractivity contribution >= 4 is 23.0 Å². The van der Waals surface area contributed by atoms with Gasteiger partial charge in [-0.1, -0.05) is 18.2 Å². The maximum atomic E-state index is 5.90. The molecule has 0 aliphatic carbocycles. The lowest BCUT2D eigenvalue weighted by Crippen LogP contribution is -2.42. The Hall–Kier alpha value is -2.27. The molecule has 1 heterocycles. The summed E-state index contributed by atoms with van der Waals surface area (Å²) in [6, 6.07) is 14.0. The molecule has 1 aliphatic rings. The molecule has 4 nitrogen and oxygen atoms in total. The van der Waals surface area contributed by atoms with E-state index in [1.165, 1.54) is 11.1 Å². The molecule has 0 radical (unpaired) electrons. The molecule has 5 heteroatoms. The third kappa shape index (κ3) is 4.13. The van der Waals surface area contributed by atoms with E-state index in [4.69, 9.17) is 21.7 Å². The van der Waals surface area contributed by atoms with Crippen LogP contribution in [0.15, 0.2) is 42.5 Å². The normalized spacial score (nSPS) is 15.8. The van der Waals surface area contributed by atoms with Crippen LogP contribution in [0.1, 0.15) is 11.1 Å². The first-order chi connectivity index (χ1) is 11.1. The second-order valence-corrected chi connectivity index (χ2v) is 6.12. The van der Waals surface area contributed by atoms with E-state index in [-0.39, 0.29) is 6.10 Å². The van der Waals surface area contributed by atoms with E-state index in [0.29, 0.717) is 18.3 Å². The SMILES string of the molecule is Cc1cc(C)cc(NC(=S)NCC2COc3ccccc3O2)c1. The lowest BCUT2D eigenvalue weighted by molar-refractivity contribution is 0.0939. The van der Waals surface area contributed by atoms with Crippen molar-refractivity contribution in [3.63, 3.8) is 0 Å². The molecule has 0 aromatic heterocycles.